The molecular weight excluding hydrogens is 749 g/mol. The van der Waals surface area contributed by atoms with Crippen LogP contribution in [0.25, 0.3) is 89.1 Å². The van der Waals surface area contributed by atoms with Crippen molar-refractivity contribution >= 4 is 54.9 Å². The SMILES string of the molecule is OC1C(c2c[nH]n3c(-c4ccc5c(c4)c4ccccc4n5-c4ccccc4)nnc23)C(O)C1c1c[nH]n2c(-c3ccc4c(c3)c3ccccc3n4-c3ccccc3)nnc12. The van der Waals surface area contributed by atoms with Crippen LogP contribution in [0.2, 0.25) is 0 Å². The Labute approximate surface area is 340 Å². The van der Waals surface area contributed by atoms with Crippen LogP contribution in [0.3, 0.4) is 0 Å². The predicted octanol–water partition coefficient (Wildman–Crippen LogP) is 8.56. The zero-order valence-electron chi connectivity index (χ0n) is 31.8. The molecule has 0 amide bonds. The predicted molar refractivity (Wildman–Crippen MR) is 232 cm³/mol. The second kappa shape index (κ2) is 12.4. The van der Waals surface area contributed by atoms with Gasteiger partial charge in [-0.15, -0.1) is 20.4 Å². The summed E-state index contributed by atoms with van der Waals surface area (Å²) in [6.45, 7) is 0. The highest BCUT2D eigenvalue weighted by Crippen LogP contribution is 2.50. The molecule has 0 radical (unpaired) electrons. The minimum Gasteiger partial charge on any atom is -0.392 e. The lowest BCUT2D eigenvalue weighted by molar-refractivity contribution is -0.0777. The third kappa shape index (κ3) is 4.51. The van der Waals surface area contributed by atoms with E-state index in [1.807, 2.05) is 33.6 Å². The van der Waals surface area contributed by atoms with Crippen molar-refractivity contribution in [2.75, 3.05) is 0 Å². The van der Waals surface area contributed by atoms with E-state index < -0.39 is 24.0 Å². The van der Waals surface area contributed by atoms with E-state index in [0.717, 1.165) is 66.1 Å². The van der Waals surface area contributed by atoms with E-state index in [0.29, 0.717) is 34.1 Å². The minimum absolute atomic E-state index is 0.561. The van der Waals surface area contributed by atoms with Gasteiger partial charge in [0, 0.05) is 79.4 Å². The molecule has 0 aliphatic heterocycles. The smallest absolute Gasteiger partial charge is 0.183 e. The standard InChI is InChI=1S/C48H34N10O2/c59-43-41(35-25-49-57-45(51-53-47(35)57)27-19-21-39-33(23-27)31-15-7-9-17-37(31)55(39)29-11-3-1-4-12-29)44(60)42(43)36-26-50-58-46(52-54-48(36)58)28-20-22-40-34(24-28)32-16-8-10-18-38(32)56(40)30-13-5-2-6-14-30/h1-26,41-44,49-50,59-60H. The summed E-state index contributed by atoms with van der Waals surface area (Å²) in [4.78, 5) is 0. The van der Waals surface area contributed by atoms with Gasteiger partial charge in [0.1, 0.15) is 0 Å². The number of nitrogens with zero attached hydrogens (tertiary/aromatic N) is 8. The van der Waals surface area contributed by atoms with Crippen LogP contribution in [0.4, 0.5) is 0 Å². The number of fused-ring (bicyclic) bond motifs is 8. The lowest BCUT2D eigenvalue weighted by Crippen LogP contribution is -2.51. The number of hydrogen-bond donors (Lipinski definition) is 4. The average Bonchev–Trinajstić information content (AvgIpc) is 4.16. The molecule has 0 bridgehead atoms. The van der Waals surface area contributed by atoms with Gasteiger partial charge in [0.15, 0.2) is 22.9 Å². The van der Waals surface area contributed by atoms with Crippen molar-refractivity contribution in [2.24, 2.45) is 0 Å². The van der Waals surface area contributed by atoms with E-state index in [1.54, 1.807) is 0 Å². The summed E-state index contributed by atoms with van der Waals surface area (Å²) < 4.78 is 8.21. The molecule has 12 aromatic rings. The summed E-state index contributed by atoms with van der Waals surface area (Å²) in [5, 5.41) is 53.0. The molecule has 12 nitrogen and oxygen atoms in total. The van der Waals surface area contributed by atoms with E-state index >= 15 is 0 Å². The lowest BCUT2D eigenvalue weighted by atomic mass is 9.64. The van der Waals surface area contributed by atoms with Gasteiger partial charge in [0.05, 0.1) is 34.3 Å². The van der Waals surface area contributed by atoms with Gasteiger partial charge >= 0.3 is 0 Å². The van der Waals surface area contributed by atoms with Crippen LogP contribution in [-0.2, 0) is 0 Å². The van der Waals surface area contributed by atoms with Crippen LogP contribution >= 0.6 is 0 Å². The maximum Gasteiger partial charge on any atom is 0.183 e. The molecule has 6 aromatic carbocycles. The first-order chi connectivity index (χ1) is 29.6. The van der Waals surface area contributed by atoms with Gasteiger partial charge in [0.25, 0.3) is 0 Å². The number of H-pyrrole nitrogens is 2. The Bertz CT molecular complexity index is 3380. The monoisotopic (exact) mass is 782 g/mol. The molecule has 0 unspecified atom stereocenters. The minimum atomic E-state index is -0.902. The van der Waals surface area contributed by atoms with Crippen LogP contribution in [0, 0.1) is 0 Å². The number of aliphatic hydroxyl groups is 2. The first kappa shape index (κ1) is 33.2. The molecule has 12 heteroatoms. The Morgan fingerprint density at radius 3 is 1.27 bits per heavy atom. The van der Waals surface area contributed by atoms with E-state index in [2.05, 4.69) is 173 Å². The summed E-state index contributed by atoms with van der Waals surface area (Å²) in [6.07, 6.45) is 1.82. The van der Waals surface area contributed by atoms with Crippen molar-refractivity contribution in [2.45, 2.75) is 24.0 Å². The van der Waals surface area contributed by atoms with Gasteiger partial charge in [-0.1, -0.05) is 72.8 Å². The van der Waals surface area contributed by atoms with Crippen molar-refractivity contribution in [3.63, 3.8) is 0 Å². The number of aromatic nitrogens is 10. The molecule has 4 N–H and O–H groups in total. The fourth-order valence-corrected chi connectivity index (χ4v) is 9.82. The number of aliphatic hydroxyl groups excluding tert-OH is 2. The fourth-order valence-electron chi connectivity index (χ4n) is 9.82. The van der Waals surface area contributed by atoms with E-state index in [4.69, 9.17) is 0 Å². The molecule has 6 aromatic heterocycles. The Morgan fingerprint density at radius 1 is 0.417 bits per heavy atom. The third-order valence-corrected chi connectivity index (χ3v) is 12.6. The highest BCUT2D eigenvalue weighted by molar-refractivity contribution is 6.11. The van der Waals surface area contributed by atoms with Crippen molar-refractivity contribution in [1.29, 1.82) is 0 Å². The first-order valence-electron chi connectivity index (χ1n) is 20.0. The number of aromatic amines is 2. The Morgan fingerprint density at radius 2 is 0.817 bits per heavy atom. The Kier molecular flexibility index (Phi) is 6.84. The summed E-state index contributed by atoms with van der Waals surface area (Å²) in [6, 6.07) is 50.2. The van der Waals surface area contributed by atoms with E-state index in [9.17, 15) is 10.2 Å². The number of hydrogen-bond acceptors (Lipinski definition) is 6. The van der Waals surface area contributed by atoms with Gasteiger partial charge in [-0.2, -0.15) is 0 Å². The van der Waals surface area contributed by atoms with Crippen LogP contribution in [-0.4, -0.2) is 71.2 Å². The van der Waals surface area contributed by atoms with E-state index in [-0.39, 0.29) is 0 Å². The molecule has 288 valence electrons. The van der Waals surface area contributed by atoms with Gasteiger partial charge in [-0.05, 0) is 72.8 Å². The summed E-state index contributed by atoms with van der Waals surface area (Å²) in [5.41, 5.74) is 10.9. The molecule has 1 saturated carbocycles. The van der Waals surface area contributed by atoms with Crippen LogP contribution in [0.15, 0.2) is 158 Å². The molecule has 0 saturated heterocycles. The number of para-hydroxylation sites is 4. The van der Waals surface area contributed by atoms with Crippen molar-refractivity contribution in [3.05, 3.63) is 169 Å². The molecule has 0 atom stereocenters. The van der Waals surface area contributed by atoms with Crippen molar-refractivity contribution < 1.29 is 10.2 Å². The van der Waals surface area contributed by atoms with Crippen LogP contribution in [0.5, 0.6) is 0 Å². The zero-order valence-corrected chi connectivity index (χ0v) is 31.8. The highest BCUT2D eigenvalue weighted by atomic mass is 16.3. The van der Waals surface area contributed by atoms with Crippen molar-refractivity contribution in [3.8, 4) is 34.2 Å². The Balaban J connectivity index is 0.821. The zero-order chi connectivity index (χ0) is 39.6. The second-order valence-corrected chi connectivity index (χ2v) is 15.7. The average molecular weight is 783 g/mol. The molecule has 0 spiro atoms. The Hall–Kier alpha value is -7.80. The summed E-state index contributed by atoms with van der Waals surface area (Å²) in [5.74, 6) is 0.101. The highest BCUT2D eigenvalue weighted by Gasteiger charge is 2.53. The van der Waals surface area contributed by atoms with Gasteiger partial charge in [-0.25, -0.2) is 9.03 Å². The van der Waals surface area contributed by atoms with Gasteiger partial charge < -0.3 is 19.3 Å². The first-order valence-corrected chi connectivity index (χ1v) is 20.0. The molecule has 1 fully saturated rings. The van der Waals surface area contributed by atoms with Crippen molar-refractivity contribution in [1.82, 2.24) is 48.8 Å². The van der Waals surface area contributed by atoms with Crippen LogP contribution in [0.1, 0.15) is 23.0 Å². The third-order valence-electron chi connectivity index (χ3n) is 12.6. The molecule has 6 heterocycles. The van der Waals surface area contributed by atoms with Gasteiger partial charge in [-0.3, -0.25) is 10.2 Å². The number of nitrogens with one attached hydrogen (secondary N) is 2. The quantitative estimate of drug-likeness (QED) is 0.133. The second-order valence-electron chi connectivity index (χ2n) is 15.7. The molecule has 13 rings (SSSR count). The number of rotatable bonds is 6. The van der Waals surface area contributed by atoms with Crippen LogP contribution < -0.4 is 0 Å². The molecule has 60 heavy (non-hydrogen) atoms. The van der Waals surface area contributed by atoms with E-state index in [1.165, 1.54) is 0 Å². The largest absolute Gasteiger partial charge is 0.392 e. The number of benzene rings is 6. The maximum absolute atomic E-state index is 11.8. The maximum atomic E-state index is 11.8. The summed E-state index contributed by atoms with van der Waals surface area (Å²) >= 11 is 0. The topological polar surface area (TPSA) is 142 Å². The molecule has 1 aliphatic rings. The molecular formula is C48H34N10O2. The molecule has 1 aliphatic carbocycles. The normalized spacial score (nSPS) is 18.2. The fraction of sp³-hybridized carbons (Fsp3) is 0.0833. The summed E-state index contributed by atoms with van der Waals surface area (Å²) in [7, 11) is 0. The van der Waals surface area contributed by atoms with Gasteiger partial charge in [0.2, 0.25) is 0 Å². The lowest BCUT2D eigenvalue weighted by Gasteiger charge is -2.45.